The van der Waals surface area contributed by atoms with E-state index >= 15 is 0 Å². The van der Waals surface area contributed by atoms with Crippen molar-refractivity contribution in [1.29, 1.82) is 0 Å². The van der Waals surface area contributed by atoms with Crippen molar-refractivity contribution in [3.63, 3.8) is 0 Å². The Hall–Kier alpha value is -1.20. The van der Waals surface area contributed by atoms with Crippen molar-refractivity contribution in [3.05, 3.63) is 16.8 Å². The number of nitrogens with zero attached hydrogens (tertiary/aromatic N) is 2. The lowest BCUT2D eigenvalue weighted by molar-refractivity contribution is 0.116. The summed E-state index contributed by atoms with van der Waals surface area (Å²) in [5.41, 5.74) is 1.45. The fraction of sp³-hybridized carbons (Fsp3) is 0.625. The summed E-state index contributed by atoms with van der Waals surface area (Å²) in [4.78, 5) is 11.5. The van der Waals surface area contributed by atoms with E-state index in [0.717, 1.165) is 36.3 Å². The molecule has 0 bridgehead atoms. The van der Waals surface area contributed by atoms with Gasteiger partial charge in [0, 0.05) is 4.88 Å². The summed E-state index contributed by atoms with van der Waals surface area (Å²) >= 11 is 1.82. The molecular formula is C16H21N3OS. The Bertz CT molecular complexity index is 654. The molecule has 112 valence electrons. The maximum Gasteiger partial charge on any atom is 0.138 e. The van der Waals surface area contributed by atoms with Crippen LogP contribution in [0.2, 0.25) is 0 Å². The first-order valence-corrected chi connectivity index (χ1v) is 8.84. The van der Waals surface area contributed by atoms with Crippen molar-refractivity contribution in [3.8, 4) is 0 Å². The molecule has 0 saturated heterocycles. The standard InChI is InChI=1S/C16H21N3OS/c20-12-7-3-2-6-11(12)19-15-14-10-5-1-4-8-13(10)21-16(14)18-9-17-15/h9,11-12,20H,1-8H2,(H,17,18,19). The van der Waals surface area contributed by atoms with Gasteiger partial charge in [-0.25, -0.2) is 9.97 Å². The van der Waals surface area contributed by atoms with Crippen molar-refractivity contribution in [2.45, 2.75) is 63.5 Å². The monoisotopic (exact) mass is 303 g/mol. The number of nitrogens with one attached hydrogen (secondary N) is 1. The topological polar surface area (TPSA) is 58.0 Å². The minimum Gasteiger partial charge on any atom is -0.391 e. The summed E-state index contributed by atoms with van der Waals surface area (Å²) in [6, 6.07) is 0.135. The van der Waals surface area contributed by atoms with E-state index in [2.05, 4.69) is 15.3 Å². The molecule has 1 saturated carbocycles. The summed E-state index contributed by atoms with van der Waals surface area (Å²) in [6.07, 6.45) is 10.5. The maximum atomic E-state index is 10.2. The van der Waals surface area contributed by atoms with Crippen LogP contribution in [0.25, 0.3) is 10.2 Å². The fourth-order valence-corrected chi connectivity index (χ4v) is 4.88. The third kappa shape index (κ3) is 2.42. The Morgan fingerprint density at radius 3 is 2.86 bits per heavy atom. The molecule has 5 heteroatoms. The van der Waals surface area contributed by atoms with Crippen molar-refractivity contribution < 1.29 is 5.11 Å². The number of aromatic nitrogens is 2. The molecule has 0 aliphatic heterocycles. The minimum absolute atomic E-state index is 0.135. The lowest BCUT2D eigenvalue weighted by Crippen LogP contribution is -2.36. The van der Waals surface area contributed by atoms with E-state index in [1.54, 1.807) is 6.33 Å². The van der Waals surface area contributed by atoms with Gasteiger partial charge in [0.15, 0.2) is 0 Å². The van der Waals surface area contributed by atoms with Crippen molar-refractivity contribution in [2.75, 3.05) is 5.32 Å². The fourth-order valence-electron chi connectivity index (χ4n) is 3.65. The third-order valence-corrected chi connectivity index (χ3v) is 6.00. The van der Waals surface area contributed by atoms with Crippen LogP contribution >= 0.6 is 11.3 Å². The number of rotatable bonds is 2. The van der Waals surface area contributed by atoms with Crippen molar-refractivity contribution in [1.82, 2.24) is 9.97 Å². The molecule has 2 aliphatic carbocycles. The Kier molecular flexibility index (Phi) is 3.55. The van der Waals surface area contributed by atoms with Crippen LogP contribution in [-0.2, 0) is 12.8 Å². The molecule has 2 atom stereocenters. The largest absolute Gasteiger partial charge is 0.391 e. The molecule has 2 aromatic heterocycles. The first-order chi connectivity index (χ1) is 10.3. The van der Waals surface area contributed by atoms with Crippen molar-refractivity contribution >= 4 is 27.4 Å². The summed E-state index contributed by atoms with van der Waals surface area (Å²) in [7, 11) is 0. The van der Waals surface area contributed by atoms with Crippen molar-refractivity contribution in [2.24, 2.45) is 0 Å². The normalized spacial score (nSPS) is 25.8. The van der Waals surface area contributed by atoms with E-state index in [9.17, 15) is 5.11 Å². The lowest BCUT2D eigenvalue weighted by Gasteiger charge is -2.29. The van der Waals surface area contributed by atoms with Crippen LogP contribution < -0.4 is 5.32 Å². The Morgan fingerprint density at radius 1 is 1.10 bits per heavy atom. The zero-order valence-electron chi connectivity index (χ0n) is 12.1. The van der Waals surface area contributed by atoms with Gasteiger partial charge in [-0.2, -0.15) is 0 Å². The molecule has 2 aliphatic rings. The second-order valence-electron chi connectivity index (χ2n) is 6.22. The number of hydrogen-bond donors (Lipinski definition) is 2. The average Bonchev–Trinajstić information content (AvgIpc) is 2.89. The molecule has 0 aromatic carbocycles. The van der Waals surface area contributed by atoms with E-state index < -0.39 is 0 Å². The highest BCUT2D eigenvalue weighted by Crippen LogP contribution is 2.38. The van der Waals surface area contributed by atoms with Crippen LogP contribution in [0.15, 0.2) is 6.33 Å². The zero-order chi connectivity index (χ0) is 14.2. The average molecular weight is 303 g/mol. The van der Waals surface area contributed by atoms with Gasteiger partial charge < -0.3 is 10.4 Å². The van der Waals surface area contributed by atoms with E-state index in [1.165, 1.54) is 41.5 Å². The molecule has 0 spiro atoms. The smallest absolute Gasteiger partial charge is 0.138 e. The highest BCUT2D eigenvalue weighted by atomic mass is 32.1. The van der Waals surface area contributed by atoms with E-state index in [-0.39, 0.29) is 12.1 Å². The van der Waals surface area contributed by atoms with Crippen LogP contribution in [0, 0.1) is 0 Å². The van der Waals surface area contributed by atoms with Crippen LogP contribution in [0.3, 0.4) is 0 Å². The van der Waals surface area contributed by atoms with Gasteiger partial charge in [0.2, 0.25) is 0 Å². The summed E-state index contributed by atoms with van der Waals surface area (Å²) in [6.45, 7) is 0. The van der Waals surface area contributed by atoms with Gasteiger partial charge in [0.25, 0.3) is 0 Å². The molecule has 2 unspecified atom stereocenters. The number of aliphatic hydroxyl groups is 1. The predicted molar refractivity (Wildman–Crippen MR) is 85.9 cm³/mol. The molecule has 4 rings (SSSR count). The van der Waals surface area contributed by atoms with Crippen LogP contribution in [0.5, 0.6) is 0 Å². The first-order valence-electron chi connectivity index (χ1n) is 8.03. The molecule has 0 amide bonds. The van der Waals surface area contributed by atoms with Gasteiger partial charge in [-0.15, -0.1) is 11.3 Å². The highest BCUT2D eigenvalue weighted by molar-refractivity contribution is 7.19. The number of anilines is 1. The molecule has 1 fully saturated rings. The van der Waals surface area contributed by atoms with E-state index in [4.69, 9.17) is 0 Å². The number of thiophene rings is 1. The molecule has 4 nitrogen and oxygen atoms in total. The van der Waals surface area contributed by atoms with Gasteiger partial charge in [0.1, 0.15) is 17.0 Å². The quantitative estimate of drug-likeness (QED) is 0.894. The number of aliphatic hydroxyl groups excluding tert-OH is 1. The number of hydrogen-bond acceptors (Lipinski definition) is 5. The summed E-state index contributed by atoms with van der Waals surface area (Å²) < 4.78 is 0. The Labute approximate surface area is 128 Å². The molecular weight excluding hydrogens is 282 g/mol. The summed E-state index contributed by atoms with van der Waals surface area (Å²) in [5, 5.41) is 14.9. The summed E-state index contributed by atoms with van der Waals surface area (Å²) in [5.74, 6) is 0.936. The third-order valence-electron chi connectivity index (χ3n) is 4.80. The van der Waals surface area contributed by atoms with Crippen LogP contribution in [0.4, 0.5) is 5.82 Å². The van der Waals surface area contributed by atoms with Gasteiger partial charge in [0.05, 0.1) is 17.5 Å². The Morgan fingerprint density at radius 2 is 1.95 bits per heavy atom. The Balaban J connectivity index is 1.72. The van der Waals surface area contributed by atoms with Crippen LogP contribution in [-0.4, -0.2) is 27.2 Å². The maximum absolute atomic E-state index is 10.2. The van der Waals surface area contributed by atoms with Gasteiger partial charge in [-0.1, -0.05) is 12.8 Å². The lowest BCUT2D eigenvalue weighted by atomic mass is 9.92. The van der Waals surface area contributed by atoms with Gasteiger partial charge in [-0.05, 0) is 44.1 Å². The minimum atomic E-state index is -0.252. The predicted octanol–water partition coefficient (Wildman–Crippen LogP) is 3.29. The van der Waals surface area contributed by atoms with E-state index in [1.807, 2.05) is 11.3 Å². The number of fused-ring (bicyclic) bond motifs is 3. The first kappa shape index (κ1) is 13.5. The SMILES string of the molecule is OC1CCCCC1Nc1ncnc2sc3c(c12)CCCC3. The van der Waals surface area contributed by atoms with Crippen LogP contribution in [0.1, 0.15) is 49.0 Å². The van der Waals surface area contributed by atoms with Gasteiger partial charge in [-0.3, -0.25) is 0 Å². The zero-order valence-corrected chi connectivity index (χ0v) is 13.0. The second-order valence-corrected chi connectivity index (χ2v) is 7.30. The molecule has 0 radical (unpaired) electrons. The highest BCUT2D eigenvalue weighted by Gasteiger charge is 2.25. The van der Waals surface area contributed by atoms with E-state index in [0.29, 0.717) is 0 Å². The number of aryl methyl sites for hydroxylation is 2. The second kappa shape index (κ2) is 5.54. The molecule has 2 aromatic rings. The molecule has 2 heterocycles. The van der Waals surface area contributed by atoms with Gasteiger partial charge >= 0.3 is 0 Å². The molecule has 2 N–H and O–H groups in total. The molecule has 21 heavy (non-hydrogen) atoms.